The summed E-state index contributed by atoms with van der Waals surface area (Å²) in [5.74, 6) is 0.337. The maximum absolute atomic E-state index is 12.3. The Hall–Kier alpha value is -3.10. The molecule has 0 radical (unpaired) electrons. The van der Waals surface area contributed by atoms with Crippen LogP contribution >= 0.6 is 23.4 Å². The van der Waals surface area contributed by atoms with Crippen LogP contribution in [0.2, 0.25) is 5.02 Å². The van der Waals surface area contributed by atoms with E-state index in [0.717, 1.165) is 5.56 Å². The lowest BCUT2D eigenvalue weighted by Gasteiger charge is -2.06. The Morgan fingerprint density at radius 1 is 1.16 bits per heavy atom. The van der Waals surface area contributed by atoms with Crippen LogP contribution in [-0.2, 0) is 4.79 Å². The van der Waals surface area contributed by atoms with Gasteiger partial charge in [0.2, 0.25) is 11.1 Å². The summed E-state index contributed by atoms with van der Waals surface area (Å²) in [7, 11) is 0. The molecule has 31 heavy (non-hydrogen) atoms. The standard InChI is InChI=1S/C22H20ClN5O2S/c1-13(2)14-3-5-15(6-4-14)18-11-19-21(30)25-26-22(28(19)27-18)31-12-20(29)24-17-9-7-16(23)8-10-17/h3-11,13H,12H2,1-2H3,(H,24,29)(H,25,30). The van der Waals surface area contributed by atoms with Gasteiger partial charge in [-0.05, 0) is 41.8 Å². The summed E-state index contributed by atoms with van der Waals surface area (Å²) >= 11 is 7.05. The number of rotatable bonds is 6. The molecular formula is C22H20ClN5O2S. The maximum atomic E-state index is 12.3. The highest BCUT2D eigenvalue weighted by Crippen LogP contribution is 2.24. The van der Waals surface area contributed by atoms with Crippen molar-refractivity contribution in [2.45, 2.75) is 24.9 Å². The van der Waals surface area contributed by atoms with Crippen molar-refractivity contribution in [2.24, 2.45) is 0 Å². The van der Waals surface area contributed by atoms with Crippen molar-refractivity contribution in [2.75, 3.05) is 11.1 Å². The molecule has 2 aromatic carbocycles. The second kappa shape index (κ2) is 8.95. The molecule has 0 aliphatic carbocycles. The van der Waals surface area contributed by atoms with Gasteiger partial charge in [-0.3, -0.25) is 9.59 Å². The molecular weight excluding hydrogens is 434 g/mol. The number of nitrogens with zero attached hydrogens (tertiary/aromatic N) is 3. The van der Waals surface area contributed by atoms with Crippen LogP contribution in [-0.4, -0.2) is 31.5 Å². The van der Waals surface area contributed by atoms with Crippen LogP contribution in [0.4, 0.5) is 5.69 Å². The highest BCUT2D eigenvalue weighted by atomic mass is 35.5. The number of H-pyrrole nitrogens is 1. The Balaban J connectivity index is 1.54. The molecule has 0 saturated carbocycles. The number of nitrogens with one attached hydrogen (secondary N) is 2. The Kier molecular flexibility index (Phi) is 6.11. The van der Waals surface area contributed by atoms with Gasteiger partial charge in [-0.25, -0.2) is 9.61 Å². The second-order valence-electron chi connectivity index (χ2n) is 7.28. The summed E-state index contributed by atoms with van der Waals surface area (Å²) < 4.78 is 1.48. The number of benzene rings is 2. The molecule has 0 unspecified atom stereocenters. The third-order valence-electron chi connectivity index (χ3n) is 4.71. The lowest BCUT2D eigenvalue weighted by atomic mass is 10.0. The number of hydrogen-bond donors (Lipinski definition) is 2. The average molecular weight is 454 g/mol. The van der Waals surface area contributed by atoms with Gasteiger partial charge in [0, 0.05) is 16.3 Å². The molecule has 0 saturated heterocycles. The van der Waals surface area contributed by atoms with E-state index >= 15 is 0 Å². The average Bonchev–Trinajstić information content (AvgIpc) is 3.21. The summed E-state index contributed by atoms with van der Waals surface area (Å²) in [5.41, 5.74) is 3.49. The van der Waals surface area contributed by atoms with Crippen LogP contribution < -0.4 is 10.9 Å². The van der Waals surface area contributed by atoms with Crippen molar-refractivity contribution in [3.8, 4) is 11.3 Å². The first kappa shape index (κ1) is 21.1. The molecule has 0 spiro atoms. The molecule has 1 amide bonds. The van der Waals surface area contributed by atoms with Crippen molar-refractivity contribution in [1.29, 1.82) is 0 Å². The highest BCUT2D eigenvalue weighted by Gasteiger charge is 2.14. The third kappa shape index (κ3) is 4.81. The van der Waals surface area contributed by atoms with Crippen LogP contribution in [0.1, 0.15) is 25.3 Å². The van der Waals surface area contributed by atoms with Crippen LogP contribution in [0, 0.1) is 0 Å². The van der Waals surface area contributed by atoms with E-state index in [0.29, 0.717) is 33.0 Å². The van der Waals surface area contributed by atoms with Crippen LogP contribution in [0.15, 0.2) is 64.5 Å². The Morgan fingerprint density at radius 3 is 2.55 bits per heavy atom. The number of thioether (sulfide) groups is 1. The minimum atomic E-state index is -0.340. The first-order chi connectivity index (χ1) is 14.9. The molecule has 0 aliphatic rings. The molecule has 0 bridgehead atoms. The predicted octanol–water partition coefficient (Wildman–Crippen LogP) is 4.59. The van der Waals surface area contributed by atoms with Gasteiger partial charge in [-0.2, -0.15) is 5.10 Å². The molecule has 7 nitrogen and oxygen atoms in total. The normalized spacial score (nSPS) is 11.2. The first-order valence-corrected chi connectivity index (χ1v) is 11.0. The quantitative estimate of drug-likeness (QED) is 0.416. The predicted molar refractivity (Wildman–Crippen MR) is 124 cm³/mol. The molecule has 4 rings (SSSR count). The molecule has 9 heteroatoms. The van der Waals surface area contributed by atoms with E-state index in [9.17, 15) is 9.59 Å². The Labute approximate surface area is 187 Å². The lowest BCUT2D eigenvalue weighted by molar-refractivity contribution is -0.113. The van der Waals surface area contributed by atoms with E-state index in [1.54, 1.807) is 30.3 Å². The van der Waals surface area contributed by atoms with Crippen molar-refractivity contribution >= 4 is 40.5 Å². The van der Waals surface area contributed by atoms with Crippen molar-refractivity contribution < 1.29 is 4.79 Å². The zero-order valence-electron chi connectivity index (χ0n) is 16.9. The number of aromatic nitrogens is 4. The SMILES string of the molecule is CC(C)c1ccc(-c2cc3c(=O)[nH]nc(SCC(=O)Nc4ccc(Cl)cc4)n3n2)cc1. The number of carbonyl (C=O) groups is 1. The van der Waals surface area contributed by atoms with Gasteiger partial charge in [0.1, 0.15) is 5.52 Å². The van der Waals surface area contributed by atoms with E-state index in [2.05, 4.69) is 46.6 Å². The third-order valence-corrected chi connectivity index (χ3v) is 5.89. The fourth-order valence-corrected chi connectivity index (χ4v) is 3.86. The van der Waals surface area contributed by atoms with E-state index in [1.165, 1.54) is 21.8 Å². The molecule has 0 fully saturated rings. The summed E-state index contributed by atoms with van der Waals surface area (Å²) in [5, 5.41) is 14.9. The number of anilines is 1. The topological polar surface area (TPSA) is 92.1 Å². The van der Waals surface area contributed by atoms with Gasteiger partial charge in [0.15, 0.2) is 0 Å². The van der Waals surface area contributed by atoms with Gasteiger partial charge < -0.3 is 5.32 Å². The fourth-order valence-electron chi connectivity index (χ4n) is 3.03. The van der Waals surface area contributed by atoms with Crippen LogP contribution in [0.3, 0.4) is 0 Å². The molecule has 0 atom stereocenters. The smallest absolute Gasteiger partial charge is 0.290 e. The van der Waals surface area contributed by atoms with Crippen molar-refractivity contribution in [3.05, 3.63) is 75.5 Å². The molecule has 0 aliphatic heterocycles. The number of amides is 1. The number of aromatic amines is 1. The number of carbonyl (C=O) groups excluding carboxylic acids is 1. The maximum Gasteiger partial charge on any atom is 0.290 e. The van der Waals surface area contributed by atoms with Crippen molar-refractivity contribution in [3.63, 3.8) is 0 Å². The second-order valence-corrected chi connectivity index (χ2v) is 8.66. The fraction of sp³-hybridized carbons (Fsp3) is 0.182. The highest BCUT2D eigenvalue weighted by molar-refractivity contribution is 7.99. The number of hydrogen-bond acceptors (Lipinski definition) is 5. The van der Waals surface area contributed by atoms with E-state index in [1.807, 2.05) is 12.1 Å². The number of halogens is 1. The van der Waals surface area contributed by atoms with Crippen molar-refractivity contribution in [1.82, 2.24) is 19.8 Å². The summed E-state index contributed by atoms with van der Waals surface area (Å²) in [4.78, 5) is 24.5. The largest absolute Gasteiger partial charge is 0.325 e. The van der Waals surface area contributed by atoms with E-state index < -0.39 is 0 Å². The Bertz CT molecular complexity index is 1280. The summed E-state index contributed by atoms with van der Waals surface area (Å²) in [6.07, 6.45) is 0. The Morgan fingerprint density at radius 2 is 1.87 bits per heavy atom. The first-order valence-electron chi connectivity index (χ1n) is 9.68. The van der Waals surface area contributed by atoms with E-state index in [4.69, 9.17) is 11.6 Å². The molecule has 2 N–H and O–H groups in total. The molecule has 158 valence electrons. The van der Waals surface area contributed by atoms with Gasteiger partial charge in [0.25, 0.3) is 5.56 Å². The minimum Gasteiger partial charge on any atom is -0.325 e. The van der Waals surface area contributed by atoms with Crippen LogP contribution in [0.5, 0.6) is 0 Å². The summed E-state index contributed by atoms with van der Waals surface area (Å²) in [6.45, 7) is 4.27. The molecule has 2 heterocycles. The van der Waals surface area contributed by atoms with Gasteiger partial charge >= 0.3 is 0 Å². The minimum absolute atomic E-state index is 0.106. The summed E-state index contributed by atoms with van der Waals surface area (Å²) in [6, 6.07) is 16.7. The van der Waals surface area contributed by atoms with Gasteiger partial charge in [0.05, 0.1) is 11.4 Å². The zero-order chi connectivity index (χ0) is 22.0. The number of fused-ring (bicyclic) bond motifs is 1. The van der Waals surface area contributed by atoms with Gasteiger partial charge in [-0.1, -0.05) is 61.5 Å². The van der Waals surface area contributed by atoms with E-state index in [-0.39, 0.29) is 17.2 Å². The zero-order valence-corrected chi connectivity index (χ0v) is 18.5. The molecule has 2 aromatic heterocycles. The lowest BCUT2D eigenvalue weighted by Crippen LogP contribution is -2.17. The van der Waals surface area contributed by atoms with Crippen LogP contribution in [0.25, 0.3) is 16.8 Å². The van der Waals surface area contributed by atoms with Gasteiger partial charge in [-0.15, -0.1) is 5.10 Å². The monoisotopic (exact) mass is 453 g/mol. The molecule has 4 aromatic rings.